The summed E-state index contributed by atoms with van der Waals surface area (Å²) in [5.74, 6) is -4.87. The largest absolute Gasteiger partial charge is 0.359 e. The van der Waals surface area contributed by atoms with Crippen LogP contribution in [0.1, 0.15) is 43.7 Å². The van der Waals surface area contributed by atoms with Crippen LogP contribution in [0, 0.1) is 23.3 Å². The molecule has 0 unspecified atom stereocenters. The lowest BCUT2D eigenvalue weighted by Gasteiger charge is -2.10. The molecule has 2 rings (SSSR count). The van der Waals surface area contributed by atoms with Crippen LogP contribution in [0.4, 0.5) is 17.6 Å². The molecule has 0 aliphatic heterocycles. The fourth-order valence-corrected chi connectivity index (χ4v) is 2.12. The summed E-state index contributed by atoms with van der Waals surface area (Å²) in [4.78, 5) is 3.96. The van der Waals surface area contributed by atoms with Crippen molar-refractivity contribution in [3.05, 3.63) is 52.4 Å². The summed E-state index contributed by atoms with van der Waals surface area (Å²) in [6, 6.07) is 1.94. The van der Waals surface area contributed by atoms with Gasteiger partial charge < -0.3 is 15.2 Å². The molecule has 1 heterocycles. The van der Waals surface area contributed by atoms with Crippen molar-refractivity contribution < 1.29 is 22.1 Å². The minimum atomic E-state index is -1.46. The van der Waals surface area contributed by atoms with E-state index in [4.69, 9.17) is 4.52 Å². The molecule has 150 valence electrons. The number of aromatic nitrogens is 1. The van der Waals surface area contributed by atoms with Gasteiger partial charge in [0.25, 0.3) is 0 Å². The van der Waals surface area contributed by atoms with Crippen LogP contribution in [-0.4, -0.2) is 17.7 Å². The number of guanidine groups is 1. The van der Waals surface area contributed by atoms with Crippen LogP contribution in [0.2, 0.25) is 0 Å². The van der Waals surface area contributed by atoms with Gasteiger partial charge in [-0.05, 0) is 12.8 Å². The van der Waals surface area contributed by atoms with Crippen molar-refractivity contribution in [2.24, 2.45) is 4.99 Å². The fourth-order valence-electron chi connectivity index (χ4n) is 2.12. The quantitative estimate of drug-likeness (QED) is 0.205. The Hall–Kier alpha value is -1.85. The molecule has 0 amide bonds. The second-order valence-corrected chi connectivity index (χ2v) is 5.87. The maximum atomic E-state index is 13.7. The van der Waals surface area contributed by atoms with E-state index in [1.54, 1.807) is 13.0 Å². The number of nitrogens with zero attached hydrogens (tertiary/aromatic N) is 2. The first-order valence-electron chi connectivity index (χ1n) is 8.13. The molecular weight excluding hydrogens is 479 g/mol. The summed E-state index contributed by atoms with van der Waals surface area (Å²) in [7, 11) is 0. The molecule has 5 nitrogen and oxygen atoms in total. The van der Waals surface area contributed by atoms with Crippen molar-refractivity contribution >= 4 is 29.9 Å². The van der Waals surface area contributed by atoms with Crippen molar-refractivity contribution in [1.29, 1.82) is 0 Å². The lowest BCUT2D eigenvalue weighted by Crippen LogP contribution is -2.36. The highest BCUT2D eigenvalue weighted by Gasteiger charge is 2.18. The molecule has 2 N–H and O–H groups in total. The minimum Gasteiger partial charge on any atom is -0.359 e. The van der Waals surface area contributed by atoms with Crippen molar-refractivity contribution in [3.63, 3.8) is 0 Å². The number of nitrogens with one attached hydrogen (secondary N) is 2. The SMILES string of the molecule is CCNC(=NCc1c(F)c(F)cc(F)c1F)NCc1cc(C(C)C)no1.I. The highest BCUT2D eigenvalue weighted by Crippen LogP contribution is 2.20. The van der Waals surface area contributed by atoms with Gasteiger partial charge in [-0.1, -0.05) is 19.0 Å². The Morgan fingerprint density at radius 3 is 2.26 bits per heavy atom. The molecule has 2 aromatic rings. The molecule has 0 aliphatic rings. The molecule has 0 saturated carbocycles. The Labute approximate surface area is 171 Å². The molecule has 0 atom stereocenters. The van der Waals surface area contributed by atoms with Gasteiger partial charge in [-0.15, -0.1) is 24.0 Å². The zero-order valence-electron chi connectivity index (χ0n) is 15.1. The summed E-state index contributed by atoms with van der Waals surface area (Å²) in [6.45, 7) is 5.88. The number of hydrogen-bond donors (Lipinski definition) is 2. The van der Waals surface area contributed by atoms with Crippen LogP contribution in [-0.2, 0) is 13.1 Å². The zero-order valence-corrected chi connectivity index (χ0v) is 17.4. The van der Waals surface area contributed by atoms with Crippen LogP contribution < -0.4 is 10.6 Å². The van der Waals surface area contributed by atoms with Crippen LogP contribution in [0.5, 0.6) is 0 Å². The molecule has 27 heavy (non-hydrogen) atoms. The van der Waals surface area contributed by atoms with Gasteiger partial charge in [0.15, 0.2) is 35.0 Å². The molecule has 10 heteroatoms. The molecule has 1 aromatic carbocycles. The van der Waals surface area contributed by atoms with Crippen LogP contribution in [0.15, 0.2) is 21.6 Å². The standard InChI is InChI=1S/C17H20F4N4O.HI/c1-4-22-17(23-7-10-5-14(9(2)3)25-26-10)24-8-11-15(20)12(18)6-13(19)16(11)21;/h5-6,9H,4,7-8H2,1-3H3,(H2,22,23,24);1H. The van der Waals surface area contributed by atoms with Crippen molar-refractivity contribution in [1.82, 2.24) is 15.8 Å². The zero-order chi connectivity index (χ0) is 19.3. The van der Waals surface area contributed by atoms with Gasteiger partial charge in [0.1, 0.15) is 0 Å². The molecular formula is C17H21F4IN4O. The van der Waals surface area contributed by atoms with E-state index in [0.717, 1.165) is 5.69 Å². The lowest BCUT2D eigenvalue weighted by atomic mass is 10.1. The monoisotopic (exact) mass is 500 g/mol. The van der Waals surface area contributed by atoms with Crippen LogP contribution >= 0.6 is 24.0 Å². The van der Waals surface area contributed by atoms with E-state index >= 15 is 0 Å². The third-order valence-corrected chi connectivity index (χ3v) is 3.54. The lowest BCUT2D eigenvalue weighted by molar-refractivity contribution is 0.372. The predicted molar refractivity (Wildman–Crippen MR) is 104 cm³/mol. The molecule has 1 aromatic heterocycles. The van der Waals surface area contributed by atoms with Gasteiger partial charge in [-0.25, -0.2) is 22.6 Å². The van der Waals surface area contributed by atoms with E-state index in [-0.39, 0.29) is 48.5 Å². The Kier molecular flexibility index (Phi) is 9.00. The van der Waals surface area contributed by atoms with Crippen LogP contribution in [0.25, 0.3) is 0 Å². The van der Waals surface area contributed by atoms with Crippen LogP contribution in [0.3, 0.4) is 0 Å². The number of halogens is 5. The Balaban J connectivity index is 0.00000364. The van der Waals surface area contributed by atoms with Crippen molar-refractivity contribution in [2.45, 2.75) is 39.8 Å². The van der Waals surface area contributed by atoms with E-state index in [1.165, 1.54) is 0 Å². The van der Waals surface area contributed by atoms with Crippen molar-refractivity contribution in [2.75, 3.05) is 6.54 Å². The number of rotatable bonds is 6. The fraction of sp³-hybridized carbons (Fsp3) is 0.412. The average Bonchev–Trinajstić information content (AvgIpc) is 3.07. The summed E-state index contributed by atoms with van der Waals surface area (Å²) >= 11 is 0. The molecule has 0 aliphatic carbocycles. The molecule has 0 spiro atoms. The van der Waals surface area contributed by atoms with Gasteiger partial charge in [0, 0.05) is 18.7 Å². The van der Waals surface area contributed by atoms with E-state index in [9.17, 15) is 17.6 Å². The number of hydrogen-bond acceptors (Lipinski definition) is 3. The second-order valence-electron chi connectivity index (χ2n) is 5.87. The third-order valence-electron chi connectivity index (χ3n) is 3.54. The van der Waals surface area contributed by atoms with Gasteiger partial charge in [0.05, 0.1) is 24.3 Å². The summed E-state index contributed by atoms with van der Waals surface area (Å²) in [5, 5.41) is 9.68. The molecule has 0 saturated heterocycles. The highest BCUT2D eigenvalue weighted by molar-refractivity contribution is 14.0. The highest BCUT2D eigenvalue weighted by atomic mass is 127. The Morgan fingerprint density at radius 2 is 1.74 bits per heavy atom. The summed E-state index contributed by atoms with van der Waals surface area (Å²) < 4.78 is 59.1. The first kappa shape index (κ1) is 23.2. The van der Waals surface area contributed by atoms with Gasteiger partial charge >= 0.3 is 0 Å². The van der Waals surface area contributed by atoms with E-state index in [0.29, 0.717) is 12.3 Å². The first-order chi connectivity index (χ1) is 12.3. The van der Waals surface area contributed by atoms with Gasteiger partial charge in [0.2, 0.25) is 0 Å². The smallest absolute Gasteiger partial charge is 0.191 e. The molecule has 0 radical (unpaired) electrons. The minimum absolute atomic E-state index is 0. The third kappa shape index (κ3) is 6.08. The molecule has 0 fully saturated rings. The molecule has 0 bridgehead atoms. The first-order valence-corrected chi connectivity index (χ1v) is 8.13. The number of benzene rings is 1. The number of aliphatic imine (C=N–C) groups is 1. The predicted octanol–water partition coefficient (Wildman–Crippen LogP) is 4.23. The maximum absolute atomic E-state index is 13.7. The van der Waals surface area contributed by atoms with E-state index in [1.807, 2.05) is 13.8 Å². The van der Waals surface area contributed by atoms with E-state index < -0.39 is 35.4 Å². The second kappa shape index (κ2) is 10.5. The maximum Gasteiger partial charge on any atom is 0.191 e. The van der Waals surface area contributed by atoms with Gasteiger partial charge in [-0.3, -0.25) is 0 Å². The summed E-state index contributed by atoms with van der Waals surface area (Å²) in [5.41, 5.74) is 0.0181. The Bertz CT molecular complexity index is 769. The van der Waals surface area contributed by atoms with Crippen molar-refractivity contribution in [3.8, 4) is 0 Å². The normalized spacial score (nSPS) is 11.5. The average molecular weight is 500 g/mol. The summed E-state index contributed by atoms with van der Waals surface area (Å²) in [6.07, 6.45) is 0. The van der Waals surface area contributed by atoms with Gasteiger partial charge in [-0.2, -0.15) is 0 Å². The topological polar surface area (TPSA) is 62.5 Å². The van der Waals surface area contributed by atoms with E-state index in [2.05, 4.69) is 20.8 Å². The Morgan fingerprint density at radius 1 is 1.11 bits per heavy atom.